The molecule has 0 aliphatic heterocycles. The first-order chi connectivity index (χ1) is 7.25. The predicted octanol–water partition coefficient (Wildman–Crippen LogP) is 3.15. The molecule has 4 heteroatoms. The summed E-state index contributed by atoms with van der Waals surface area (Å²) < 4.78 is 24.3. The Morgan fingerprint density at radius 1 is 1.33 bits per heavy atom. The summed E-state index contributed by atoms with van der Waals surface area (Å²) in [5.41, 5.74) is 0. The molecule has 0 radical (unpaired) electrons. The van der Waals surface area contributed by atoms with Crippen LogP contribution in [0.2, 0.25) is 0 Å². The van der Waals surface area contributed by atoms with Crippen LogP contribution in [-0.2, 0) is 4.74 Å². The Kier molecular flexibility index (Phi) is 3.59. The summed E-state index contributed by atoms with van der Waals surface area (Å²) in [4.78, 5) is 0. The van der Waals surface area contributed by atoms with E-state index in [4.69, 9.17) is 9.47 Å². The molecule has 0 heterocycles. The largest absolute Gasteiger partial charge is 0.491 e. The van der Waals surface area contributed by atoms with E-state index in [2.05, 4.69) is 15.9 Å². The Hall–Kier alpha value is -0.610. The number of hydrogen-bond donors (Lipinski definition) is 0. The topological polar surface area (TPSA) is 18.5 Å². The Bertz CT molecular complexity index is 339. The van der Waals surface area contributed by atoms with Gasteiger partial charge in [0.1, 0.15) is 18.2 Å². The molecular weight excluding hydrogens is 263 g/mol. The van der Waals surface area contributed by atoms with Crippen LogP contribution in [0, 0.1) is 5.82 Å². The summed E-state index contributed by atoms with van der Waals surface area (Å²) in [5.74, 6) is 0.228. The lowest BCUT2D eigenvalue weighted by molar-refractivity contribution is 0.0880. The van der Waals surface area contributed by atoms with E-state index < -0.39 is 0 Å². The Morgan fingerprint density at radius 2 is 2.13 bits per heavy atom. The lowest BCUT2D eigenvalue weighted by atomic mass is 10.3. The van der Waals surface area contributed by atoms with E-state index in [9.17, 15) is 4.39 Å². The monoisotopic (exact) mass is 274 g/mol. The van der Waals surface area contributed by atoms with E-state index in [1.165, 1.54) is 6.07 Å². The quantitative estimate of drug-likeness (QED) is 0.768. The van der Waals surface area contributed by atoms with Gasteiger partial charge >= 0.3 is 0 Å². The van der Waals surface area contributed by atoms with Crippen LogP contribution < -0.4 is 4.74 Å². The minimum absolute atomic E-state index is 0.310. The summed E-state index contributed by atoms with van der Waals surface area (Å²) in [5, 5.41) is 0. The van der Waals surface area contributed by atoms with Gasteiger partial charge in [0.15, 0.2) is 0 Å². The maximum Gasteiger partial charge on any atom is 0.141 e. The van der Waals surface area contributed by atoms with Gasteiger partial charge in [0.2, 0.25) is 0 Å². The molecule has 0 spiro atoms. The van der Waals surface area contributed by atoms with Crippen molar-refractivity contribution in [3.05, 3.63) is 28.5 Å². The van der Waals surface area contributed by atoms with Crippen molar-refractivity contribution in [2.45, 2.75) is 18.9 Å². The van der Waals surface area contributed by atoms with Gasteiger partial charge in [-0.2, -0.15) is 0 Å². The minimum atomic E-state index is -0.310. The maximum absolute atomic E-state index is 13.1. The Labute approximate surface area is 96.5 Å². The van der Waals surface area contributed by atoms with Gasteiger partial charge in [0.05, 0.1) is 17.2 Å². The summed E-state index contributed by atoms with van der Waals surface area (Å²) >= 11 is 3.08. The van der Waals surface area contributed by atoms with Crippen molar-refractivity contribution in [3.8, 4) is 5.75 Å². The van der Waals surface area contributed by atoms with E-state index in [1.807, 2.05) is 0 Å². The van der Waals surface area contributed by atoms with Crippen molar-refractivity contribution in [1.82, 2.24) is 0 Å². The van der Waals surface area contributed by atoms with Gasteiger partial charge in [0, 0.05) is 6.07 Å². The highest BCUT2D eigenvalue weighted by Gasteiger charge is 2.21. The van der Waals surface area contributed by atoms with Crippen molar-refractivity contribution in [2.75, 3.05) is 13.2 Å². The average molecular weight is 275 g/mol. The number of halogens is 2. The molecule has 0 atom stereocenters. The molecule has 0 bridgehead atoms. The second kappa shape index (κ2) is 4.94. The first-order valence-electron chi connectivity index (χ1n) is 4.95. The van der Waals surface area contributed by atoms with Crippen LogP contribution in [0.3, 0.4) is 0 Å². The van der Waals surface area contributed by atoms with Crippen LogP contribution >= 0.6 is 15.9 Å². The minimum Gasteiger partial charge on any atom is -0.491 e. The first-order valence-corrected chi connectivity index (χ1v) is 5.74. The van der Waals surface area contributed by atoms with Crippen molar-refractivity contribution < 1.29 is 13.9 Å². The van der Waals surface area contributed by atoms with Crippen LogP contribution in [0.15, 0.2) is 22.7 Å². The molecule has 1 saturated carbocycles. The molecule has 0 aromatic heterocycles. The van der Waals surface area contributed by atoms with E-state index in [1.54, 1.807) is 12.1 Å². The fourth-order valence-corrected chi connectivity index (χ4v) is 1.42. The molecule has 0 N–H and O–H groups in total. The zero-order chi connectivity index (χ0) is 10.7. The lowest BCUT2D eigenvalue weighted by Gasteiger charge is -2.06. The van der Waals surface area contributed by atoms with Crippen molar-refractivity contribution in [2.24, 2.45) is 0 Å². The lowest BCUT2D eigenvalue weighted by Crippen LogP contribution is -2.07. The molecule has 82 valence electrons. The molecule has 1 aromatic carbocycles. The third-order valence-corrected chi connectivity index (χ3v) is 2.76. The third-order valence-electron chi connectivity index (χ3n) is 2.12. The molecule has 2 rings (SSSR count). The number of rotatable bonds is 5. The highest BCUT2D eigenvalue weighted by Crippen LogP contribution is 2.23. The zero-order valence-corrected chi connectivity index (χ0v) is 9.80. The van der Waals surface area contributed by atoms with Crippen LogP contribution in [-0.4, -0.2) is 19.3 Å². The molecule has 1 fully saturated rings. The van der Waals surface area contributed by atoms with Gasteiger partial charge in [-0.25, -0.2) is 4.39 Å². The molecule has 0 saturated heterocycles. The van der Waals surface area contributed by atoms with E-state index in [0.29, 0.717) is 29.5 Å². The summed E-state index contributed by atoms with van der Waals surface area (Å²) in [6, 6.07) is 4.72. The van der Waals surface area contributed by atoms with Crippen LogP contribution in [0.25, 0.3) is 0 Å². The average Bonchev–Trinajstić information content (AvgIpc) is 3.02. The Morgan fingerprint density at radius 3 is 2.80 bits per heavy atom. The molecular formula is C11H12BrFO2. The van der Waals surface area contributed by atoms with E-state index in [-0.39, 0.29) is 5.82 Å². The van der Waals surface area contributed by atoms with Crippen molar-refractivity contribution in [3.63, 3.8) is 0 Å². The van der Waals surface area contributed by atoms with Gasteiger partial charge in [-0.05, 0) is 40.9 Å². The maximum atomic E-state index is 13.1. The van der Waals surface area contributed by atoms with Gasteiger partial charge in [-0.15, -0.1) is 0 Å². The molecule has 15 heavy (non-hydrogen) atoms. The van der Waals surface area contributed by atoms with Crippen molar-refractivity contribution >= 4 is 15.9 Å². The molecule has 1 aliphatic carbocycles. The van der Waals surface area contributed by atoms with Gasteiger partial charge < -0.3 is 9.47 Å². The normalized spacial score (nSPS) is 15.3. The standard InChI is InChI=1S/C11H12BrFO2/c12-10-4-3-9(7-11(10)13)15-6-5-14-8-1-2-8/h3-4,7-8H,1-2,5-6H2. The van der Waals surface area contributed by atoms with E-state index in [0.717, 1.165) is 12.8 Å². The highest BCUT2D eigenvalue weighted by atomic mass is 79.9. The molecule has 0 unspecified atom stereocenters. The Balaban J connectivity index is 1.74. The molecule has 0 amide bonds. The highest BCUT2D eigenvalue weighted by molar-refractivity contribution is 9.10. The third kappa shape index (κ3) is 3.47. The number of hydrogen-bond acceptors (Lipinski definition) is 2. The zero-order valence-electron chi connectivity index (χ0n) is 8.21. The van der Waals surface area contributed by atoms with Crippen molar-refractivity contribution in [1.29, 1.82) is 0 Å². The number of ether oxygens (including phenoxy) is 2. The summed E-state index contributed by atoms with van der Waals surface area (Å²) in [7, 11) is 0. The van der Waals surface area contributed by atoms with Crippen LogP contribution in [0.5, 0.6) is 5.75 Å². The molecule has 1 aromatic rings. The fraction of sp³-hybridized carbons (Fsp3) is 0.455. The SMILES string of the molecule is Fc1cc(OCCOC2CC2)ccc1Br. The molecule has 1 aliphatic rings. The first kappa shape index (κ1) is 10.9. The number of benzene rings is 1. The second-order valence-electron chi connectivity index (χ2n) is 3.49. The smallest absolute Gasteiger partial charge is 0.141 e. The summed E-state index contributed by atoms with van der Waals surface area (Å²) in [6.45, 7) is 1.04. The van der Waals surface area contributed by atoms with Crippen LogP contribution in [0.1, 0.15) is 12.8 Å². The predicted molar refractivity (Wildman–Crippen MR) is 58.6 cm³/mol. The van der Waals surface area contributed by atoms with Crippen LogP contribution in [0.4, 0.5) is 4.39 Å². The second-order valence-corrected chi connectivity index (χ2v) is 4.35. The van der Waals surface area contributed by atoms with Gasteiger partial charge in [-0.3, -0.25) is 0 Å². The summed E-state index contributed by atoms with van der Waals surface area (Å²) in [6.07, 6.45) is 2.76. The fourth-order valence-electron chi connectivity index (χ4n) is 1.18. The van der Waals surface area contributed by atoms with Gasteiger partial charge in [-0.1, -0.05) is 0 Å². The van der Waals surface area contributed by atoms with E-state index >= 15 is 0 Å². The van der Waals surface area contributed by atoms with Gasteiger partial charge in [0.25, 0.3) is 0 Å². The molecule has 2 nitrogen and oxygen atoms in total.